The molecule has 3 heterocycles. The summed E-state index contributed by atoms with van der Waals surface area (Å²) in [6, 6.07) is 2.11. The van der Waals surface area contributed by atoms with Gasteiger partial charge in [-0.25, -0.2) is 8.42 Å². The molecular weight excluding hydrogens is 318 g/mol. The van der Waals surface area contributed by atoms with Gasteiger partial charge in [-0.1, -0.05) is 0 Å². The standard InChI is InChI=1S/C15H21N3O2S2/c1-11-6-13(12(2)21-11)9-18-4-5-22(19,20)10-15(18)14-7-16-17(3)8-14/h6-8,15H,4-5,9-10H2,1-3H3/t15-/m1/s1. The molecule has 0 amide bonds. The summed E-state index contributed by atoms with van der Waals surface area (Å²) in [4.78, 5) is 4.89. The van der Waals surface area contributed by atoms with E-state index < -0.39 is 9.84 Å². The van der Waals surface area contributed by atoms with Crippen molar-refractivity contribution in [2.24, 2.45) is 7.05 Å². The van der Waals surface area contributed by atoms with E-state index in [1.807, 2.05) is 13.2 Å². The molecule has 1 atom stereocenters. The van der Waals surface area contributed by atoms with Gasteiger partial charge in [0.2, 0.25) is 0 Å². The minimum absolute atomic E-state index is 0.105. The zero-order chi connectivity index (χ0) is 15.9. The van der Waals surface area contributed by atoms with Crippen LogP contribution in [-0.2, 0) is 23.4 Å². The molecule has 1 aliphatic rings. The van der Waals surface area contributed by atoms with Gasteiger partial charge >= 0.3 is 0 Å². The Labute approximate surface area is 135 Å². The first-order valence-electron chi connectivity index (χ1n) is 7.33. The molecule has 0 N–H and O–H groups in total. The highest BCUT2D eigenvalue weighted by Crippen LogP contribution is 2.30. The van der Waals surface area contributed by atoms with Gasteiger partial charge in [0.05, 0.1) is 23.7 Å². The Kier molecular flexibility index (Phi) is 4.13. The maximum atomic E-state index is 12.1. The van der Waals surface area contributed by atoms with Gasteiger partial charge in [-0.3, -0.25) is 9.58 Å². The van der Waals surface area contributed by atoms with Gasteiger partial charge in [0, 0.05) is 41.7 Å². The minimum atomic E-state index is -2.98. The fraction of sp³-hybridized carbons (Fsp3) is 0.533. The van der Waals surface area contributed by atoms with Crippen LogP contribution in [0.15, 0.2) is 18.5 Å². The zero-order valence-electron chi connectivity index (χ0n) is 13.1. The summed E-state index contributed by atoms with van der Waals surface area (Å²) in [6.45, 7) is 5.62. The third-order valence-electron chi connectivity index (χ3n) is 4.17. The first-order valence-corrected chi connectivity index (χ1v) is 9.97. The zero-order valence-corrected chi connectivity index (χ0v) is 14.7. The number of hydrogen-bond donors (Lipinski definition) is 0. The molecule has 0 spiro atoms. The Morgan fingerprint density at radius 2 is 2.18 bits per heavy atom. The van der Waals surface area contributed by atoms with Crippen LogP contribution in [0.5, 0.6) is 0 Å². The first kappa shape index (κ1) is 15.7. The van der Waals surface area contributed by atoms with Gasteiger partial charge in [-0.05, 0) is 25.5 Å². The smallest absolute Gasteiger partial charge is 0.153 e. The van der Waals surface area contributed by atoms with Crippen LogP contribution in [0.2, 0.25) is 0 Å². The van der Waals surface area contributed by atoms with Crippen LogP contribution in [0.1, 0.15) is 26.9 Å². The van der Waals surface area contributed by atoms with E-state index in [2.05, 4.69) is 29.9 Å². The molecule has 22 heavy (non-hydrogen) atoms. The highest BCUT2D eigenvalue weighted by molar-refractivity contribution is 7.91. The minimum Gasteiger partial charge on any atom is -0.290 e. The van der Waals surface area contributed by atoms with E-state index in [0.29, 0.717) is 6.54 Å². The van der Waals surface area contributed by atoms with Gasteiger partial charge in [-0.15, -0.1) is 11.3 Å². The molecule has 1 aliphatic heterocycles. The molecule has 1 saturated heterocycles. The van der Waals surface area contributed by atoms with Crippen molar-refractivity contribution in [3.63, 3.8) is 0 Å². The lowest BCUT2D eigenvalue weighted by Crippen LogP contribution is -2.42. The maximum absolute atomic E-state index is 12.1. The lowest BCUT2D eigenvalue weighted by Gasteiger charge is -2.35. The average molecular weight is 339 g/mol. The Hall–Kier alpha value is -1.18. The summed E-state index contributed by atoms with van der Waals surface area (Å²) < 4.78 is 25.8. The van der Waals surface area contributed by atoms with E-state index in [9.17, 15) is 8.42 Å². The monoisotopic (exact) mass is 339 g/mol. The summed E-state index contributed by atoms with van der Waals surface area (Å²) in [5.74, 6) is 0.423. The van der Waals surface area contributed by atoms with Crippen molar-refractivity contribution in [3.05, 3.63) is 39.3 Å². The van der Waals surface area contributed by atoms with E-state index in [1.54, 1.807) is 22.2 Å². The molecule has 0 bridgehead atoms. The van der Waals surface area contributed by atoms with Crippen LogP contribution in [0.25, 0.3) is 0 Å². The highest BCUT2D eigenvalue weighted by Gasteiger charge is 2.33. The van der Waals surface area contributed by atoms with Crippen LogP contribution in [0.3, 0.4) is 0 Å². The van der Waals surface area contributed by atoms with E-state index in [0.717, 1.165) is 12.1 Å². The van der Waals surface area contributed by atoms with Gasteiger partial charge < -0.3 is 0 Å². The Balaban J connectivity index is 1.89. The third kappa shape index (κ3) is 3.26. The molecule has 2 aromatic rings. The lowest BCUT2D eigenvalue weighted by molar-refractivity contribution is 0.206. The fourth-order valence-corrected chi connectivity index (χ4v) is 5.51. The quantitative estimate of drug-likeness (QED) is 0.859. The average Bonchev–Trinajstić information content (AvgIpc) is 2.98. The molecule has 0 radical (unpaired) electrons. The highest BCUT2D eigenvalue weighted by atomic mass is 32.2. The van der Waals surface area contributed by atoms with E-state index in [1.165, 1.54) is 15.3 Å². The topological polar surface area (TPSA) is 55.2 Å². The number of hydrogen-bond acceptors (Lipinski definition) is 5. The molecular formula is C15H21N3O2S2. The summed E-state index contributed by atoms with van der Waals surface area (Å²) in [5, 5.41) is 4.20. The normalized spacial score (nSPS) is 22.0. The summed E-state index contributed by atoms with van der Waals surface area (Å²) in [7, 11) is -1.12. The van der Waals surface area contributed by atoms with Crippen molar-refractivity contribution in [1.29, 1.82) is 0 Å². The van der Waals surface area contributed by atoms with Crippen molar-refractivity contribution >= 4 is 21.2 Å². The molecule has 0 aliphatic carbocycles. The number of nitrogens with zero attached hydrogens (tertiary/aromatic N) is 3. The molecule has 0 saturated carbocycles. The van der Waals surface area contributed by atoms with Crippen LogP contribution in [-0.4, -0.2) is 41.1 Å². The van der Waals surface area contributed by atoms with Crippen molar-refractivity contribution < 1.29 is 8.42 Å². The largest absolute Gasteiger partial charge is 0.290 e. The van der Waals surface area contributed by atoms with Crippen LogP contribution < -0.4 is 0 Å². The summed E-state index contributed by atoms with van der Waals surface area (Å²) >= 11 is 1.80. The Morgan fingerprint density at radius 3 is 2.77 bits per heavy atom. The van der Waals surface area contributed by atoms with E-state index in [-0.39, 0.29) is 17.5 Å². The van der Waals surface area contributed by atoms with Gasteiger partial charge in [0.1, 0.15) is 0 Å². The molecule has 0 aromatic carbocycles. The maximum Gasteiger partial charge on any atom is 0.153 e. The Bertz CT molecular complexity index is 777. The predicted octanol–water partition coefficient (Wildman–Crippen LogP) is 2.07. The van der Waals surface area contributed by atoms with Crippen LogP contribution >= 0.6 is 11.3 Å². The van der Waals surface area contributed by atoms with Crippen molar-refractivity contribution in [2.45, 2.75) is 26.4 Å². The molecule has 120 valence electrons. The van der Waals surface area contributed by atoms with E-state index >= 15 is 0 Å². The Morgan fingerprint density at radius 1 is 1.41 bits per heavy atom. The molecule has 2 aromatic heterocycles. The SMILES string of the molecule is Cc1cc(CN2CCS(=O)(=O)C[C@@H]2c2cnn(C)c2)c(C)s1. The van der Waals surface area contributed by atoms with Crippen molar-refractivity contribution in [1.82, 2.24) is 14.7 Å². The number of thiophene rings is 1. The first-order chi connectivity index (χ1) is 10.3. The van der Waals surface area contributed by atoms with E-state index in [4.69, 9.17) is 0 Å². The van der Waals surface area contributed by atoms with Gasteiger partial charge in [0.15, 0.2) is 9.84 Å². The second kappa shape index (κ2) is 5.79. The second-order valence-electron chi connectivity index (χ2n) is 5.99. The lowest BCUT2D eigenvalue weighted by atomic mass is 10.1. The van der Waals surface area contributed by atoms with Crippen LogP contribution in [0, 0.1) is 13.8 Å². The molecule has 5 nitrogen and oxygen atoms in total. The molecule has 0 unspecified atom stereocenters. The third-order valence-corrected chi connectivity index (χ3v) is 6.81. The summed E-state index contributed by atoms with van der Waals surface area (Å²) in [5.41, 5.74) is 2.28. The molecule has 7 heteroatoms. The van der Waals surface area contributed by atoms with Crippen LogP contribution in [0.4, 0.5) is 0 Å². The van der Waals surface area contributed by atoms with Crippen molar-refractivity contribution in [3.8, 4) is 0 Å². The second-order valence-corrected chi connectivity index (χ2v) is 9.68. The summed E-state index contributed by atoms with van der Waals surface area (Å²) in [6.07, 6.45) is 3.70. The molecule has 3 rings (SSSR count). The van der Waals surface area contributed by atoms with Crippen molar-refractivity contribution in [2.75, 3.05) is 18.1 Å². The number of aromatic nitrogens is 2. The predicted molar refractivity (Wildman–Crippen MR) is 88.8 cm³/mol. The van der Waals surface area contributed by atoms with Gasteiger partial charge in [0.25, 0.3) is 0 Å². The van der Waals surface area contributed by atoms with Gasteiger partial charge in [-0.2, -0.15) is 5.10 Å². The number of rotatable bonds is 3. The molecule has 1 fully saturated rings. The number of aryl methyl sites for hydroxylation is 3. The number of sulfone groups is 1. The fourth-order valence-electron chi connectivity index (χ4n) is 3.01.